The van der Waals surface area contributed by atoms with Gasteiger partial charge in [-0.1, -0.05) is 18.2 Å². The molecule has 0 aromatic heterocycles. The molecule has 1 aromatic carbocycles. The van der Waals surface area contributed by atoms with Gasteiger partial charge in [0.1, 0.15) is 0 Å². The van der Waals surface area contributed by atoms with Crippen LogP contribution >= 0.6 is 0 Å². The fraction of sp³-hybridized carbons (Fsp3) is 0.357. The Kier molecular flexibility index (Phi) is 6.71. The molecule has 0 fully saturated rings. The lowest BCUT2D eigenvalue weighted by Crippen LogP contribution is -2.42. The zero-order valence-electron chi connectivity index (χ0n) is 11.4. The Bertz CT molecular complexity index is 513. The molecule has 0 aliphatic rings. The first-order chi connectivity index (χ1) is 10.1. The van der Waals surface area contributed by atoms with Gasteiger partial charge in [-0.15, -0.1) is 0 Å². The molecule has 1 atom stereocenters. The zero-order valence-corrected chi connectivity index (χ0v) is 11.4. The molecule has 0 saturated carbocycles. The van der Waals surface area contributed by atoms with Crippen LogP contribution in [0.1, 0.15) is 12.8 Å². The average Bonchev–Trinajstić information content (AvgIpc) is 2.48. The zero-order chi connectivity index (χ0) is 15.7. The summed E-state index contributed by atoms with van der Waals surface area (Å²) in [6.45, 7) is 0.260. The lowest BCUT2D eigenvalue weighted by atomic mass is 10.2. The second kappa shape index (κ2) is 8.55. The maximum Gasteiger partial charge on any atom is 0.332 e. The Labute approximate surface area is 122 Å². The molecule has 0 aliphatic heterocycles. The van der Waals surface area contributed by atoms with E-state index in [1.807, 2.05) is 12.1 Å². The van der Waals surface area contributed by atoms with Gasteiger partial charge >= 0.3 is 12.0 Å². The summed E-state index contributed by atoms with van der Waals surface area (Å²) in [6, 6.07) is 10.4. The van der Waals surface area contributed by atoms with Crippen LogP contribution in [0.3, 0.4) is 0 Å². The number of hydrogen-bond donors (Lipinski definition) is 3. The molecule has 0 heterocycles. The number of carbonyl (C=O) groups excluding carboxylic acids is 1. The Morgan fingerprint density at radius 1 is 1.33 bits per heavy atom. The molecule has 3 N–H and O–H groups in total. The second-order valence-corrected chi connectivity index (χ2v) is 4.27. The summed E-state index contributed by atoms with van der Waals surface area (Å²) >= 11 is 0. The van der Waals surface area contributed by atoms with Crippen molar-refractivity contribution in [2.24, 2.45) is 0 Å². The van der Waals surface area contributed by atoms with Crippen molar-refractivity contribution in [3.8, 4) is 6.07 Å². The lowest BCUT2D eigenvalue weighted by Gasteiger charge is -2.22. The van der Waals surface area contributed by atoms with Crippen molar-refractivity contribution in [1.29, 1.82) is 5.26 Å². The molecule has 0 bridgehead atoms. The molecule has 7 nitrogen and oxygen atoms in total. The van der Waals surface area contributed by atoms with E-state index < -0.39 is 18.1 Å². The first-order valence-corrected chi connectivity index (χ1v) is 6.44. The number of nitrogens with one attached hydrogen (secondary N) is 1. The highest BCUT2D eigenvalue weighted by atomic mass is 16.4. The minimum atomic E-state index is -1.51. The monoisotopic (exact) mass is 291 g/mol. The summed E-state index contributed by atoms with van der Waals surface area (Å²) in [7, 11) is 0. The third-order valence-corrected chi connectivity index (χ3v) is 2.74. The molecular formula is C14H17N3O4. The number of aliphatic hydroxyl groups excluding tert-OH is 1. The maximum absolute atomic E-state index is 12.1. The van der Waals surface area contributed by atoms with Crippen molar-refractivity contribution in [1.82, 2.24) is 5.32 Å². The van der Waals surface area contributed by atoms with E-state index in [0.29, 0.717) is 5.69 Å². The summed E-state index contributed by atoms with van der Waals surface area (Å²) in [5.41, 5.74) is 0.643. The van der Waals surface area contributed by atoms with Gasteiger partial charge in [0.25, 0.3) is 0 Å². The van der Waals surface area contributed by atoms with E-state index >= 15 is 0 Å². The van der Waals surface area contributed by atoms with E-state index in [1.165, 1.54) is 4.90 Å². The SMILES string of the molecule is N#CCCN(C(=O)NCC[C@H](O)C(=O)O)c1ccccc1. The molecular weight excluding hydrogens is 274 g/mol. The number of para-hydroxylation sites is 1. The first kappa shape index (κ1) is 16.5. The lowest BCUT2D eigenvalue weighted by molar-refractivity contribution is -0.146. The first-order valence-electron chi connectivity index (χ1n) is 6.44. The van der Waals surface area contributed by atoms with Crippen LogP contribution in [0.25, 0.3) is 0 Å². The minimum absolute atomic E-state index is 0.0299. The van der Waals surface area contributed by atoms with E-state index in [1.54, 1.807) is 24.3 Å². The van der Waals surface area contributed by atoms with Gasteiger partial charge in [0, 0.05) is 25.2 Å². The molecule has 112 valence electrons. The third kappa shape index (κ3) is 5.50. The molecule has 0 aliphatic carbocycles. The largest absolute Gasteiger partial charge is 0.479 e. The van der Waals surface area contributed by atoms with Gasteiger partial charge in [0.2, 0.25) is 0 Å². The van der Waals surface area contributed by atoms with Crippen LogP contribution in [0.5, 0.6) is 0 Å². The molecule has 7 heteroatoms. The Balaban J connectivity index is 2.60. The number of aliphatic hydroxyl groups is 1. The summed E-state index contributed by atoms with van der Waals surface area (Å²) in [5.74, 6) is -1.33. The predicted molar refractivity (Wildman–Crippen MR) is 75.7 cm³/mol. The number of nitriles is 1. The average molecular weight is 291 g/mol. The second-order valence-electron chi connectivity index (χ2n) is 4.27. The fourth-order valence-corrected chi connectivity index (χ4v) is 1.65. The number of hydrogen-bond acceptors (Lipinski definition) is 4. The van der Waals surface area contributed by atoms with Crippen molar-refractivity contribution in [2.45, 2.75) is 18.9 Å². The van der Waals surface area contributed by atoms with Crippen molar-refractivity contribution in [2.75, 3.05) is 18.0 Å². The summed E-state index contributed by atoms with van der Waals surface area (Å²) in [5, 5.41) is 28.8. The van der Waals surface area contributed by atoms with Gasteiger partial charge in [-0.25, -0.2) is 9.59 Å². The molecule has 2 amide bonds. The summed E-state index contributed by atoms with van der Waals surface area (Å²) in [4.78, 5) is 23.9. The molecule has 1 rings (SSSR count). The van der Waals surface area contributed by atoms with Crippen LogP contribution in [0.15, 0.2) is 30.3 Å². The quantitative estimate of drug-likeness (QED) is 0.692. The number of carbonyl (C=O) groups is 2. The minimum Gasteiger partial charge on any atom is -0.479 e. The van der Waals surface area contributed by atoms with E-state index in [0.717, 1.165) is 0 Å². The fourth-order valence-electron chi connectivity index (χ4n) is 1.65. The molecule has 0 spiro atoms. The number of nitrogens with zero attached hydrogens (tertiary/aromatic N) is 2. The Morgan fingerprint density at radius 3 is 2.57 bits per heavy atom. The molecule has 21 heavy (non-hydrogen) atoms. The number of carboxylic acids is 1. The van der Waals surface area contributed by atoms with Crippen LogP contribution in [0, 0.1) is 11.3 Å². The number of carboxylic acid groups (broad SMARTS) is 1. The smallest absolute Gasteiger partial charge is 0.332 e. The van der Waals surface area contributed by atoms with Gasteiger partial charge in [0.05, 0.1) is 12.5 Å². The van der Waals surface area contributed by atoms with Crippen molar-refractivity contribution >= 4 is 17.7 Å². The van der Waals surface area contributed by atoms with Crippen molar-refractivity contribution in [3.63, 3.8) is 0 Å². The highest BCUT2D eigenvalue weighted by molar-refractivity contribution is 5.91. The summed E-state index contributed by atoms with van der Waals surface area (Å²) in [6.07, 6.45) is -1.41. The van der Waals surface area contributed by atoms with Crippen LogP contribution in [0.4, 0.5) is 10.5 Å². The molecule has 1 aromatic rings. The Hall–Kier alpha value is -2.59. The highest BCUT2D eigenvalue weighted by Gasteiger charge is 2.17. The van der Waals surface area contributed by atoms with Crippen LogP contribution in [-0.4, -0.2) is 41.4 Å². The van der Waals surface area contributed by atoms with Crippen LogP contribution in [0.2, 0.25) is 0 Å². The molecule has 0 unspecified atom stereocenters. The number of rotatable bonds is 7. The molecule has 0 saturated heterocycles. The van der Waals surface area contributed by atoms with Gasteiger partial charge in [0.15, 0.2) is 6.10 Å². The van der Waals surface area contributed by atoms with Crippen molar-refractivity contribution in [3.05, 3.63) is 30.3 Å². The van der Waals surface area contributed by atoms with Gasteiger partial charge < -0.3 is 15.5 Å². The summed E-state index contributed by atoms with van der Waals surface area (Å²) < 4.78 is 0. The van der Waals surface area contributed by atoms with Crippen molar-refractivity contribution < 1.29 is 19.8 Å². The van der Waals surface area contributed by atoms with E-state index in [4.69, 9.17) is 15.5 Å². The number of urea groups is 1. The normalized spacial score (nSPS) is 11.2. The van der Waals surface area contributed by atoms with Crippen LogP contribution < -0.4 is 10.2 Å². The van der Waals surface area contributed by atoms with E-state index in [9.17, 15) is 9.59 Å². The van der Waals surface area contributed by atoms with Crippen LogP contribution in [-0.2, 0) is 4.79 Å². The highest BCUT2D eigenvalue weighted by Crippen LogP contribution is 2.13. The molecule has 0 radical (unpaired) electrons. The number of anilines is 1. The van der Waals surface area contributed by atoms with Gasteiger partial charge in [-0.3, -0.25) is 4.90 Å². The predicted octanol–water partition coefficient (Wildman–Crippen LogP) is 0.952. The van der Waals surface area contributed by atoms with Gasteiger partial charge in [-0.2, -0.15) is 5.26 Å². The number of amides is 2. The number of aliphatic carboxylic acids is 1. The number of benzene rings is 1. The van der Waals surface area contributed by atoms with E-state index in [-0.39, 0.29) is 25.9 Å². The van der Waals surface area contributed by atoms with Gasteiger partial charge in [-0.05, 0) is 12.1 Å². The maximum atomic E-state index is 12.1. The van der Waals surface area contributed by atoms with E-state index in [2.05, 4.69) is 5.32 Å². The topological polar surface area (TPSA) is 114 Å². The third-order valence-electron chi connectivity index (χ3n) is 2.74. The Morgan fingerprint density at radius 2 is 2.00 bits per heavy atom. The standard InChI is InChI=1S/C14H17N3O4/c15-8-4-10-17(11-5-2-1-3-6-11)14(21)16-9-7-12(18)13(19)20/h1-3,5-6,12,18H,4,7,9-10H2,(H,16,21)(H,19,20)/t12-/m0/s1.